The molecule has 1 amide bonds. The lowest BCUT2D eigenvalue weighted by molar-refractivity contribution is -0.136. The second-order valence-electron chi connectivity index (χ2n) is 9.17. The number of piperidine rings is 1. The number of carbonyl (C=O) groups is 1. The van der Waals surface area contributed by atoms with Crippen molar-refractivity contribution in [2.75, 3.05) is 13.1 Å². The molecule has 4 heterocycles. The average Bonchev–Trinajstić information content (AvgIpc) is 2.95. The molecule has 1 atom stereocenters. The number of aromatic nitrogens is 4. The number of hydrogen-bond acceptors (Lipinski definition) is 4. The lowest BCUT2D eigenvalue weighted by Gasteiger charge is -2.34. The average molecular weight is 426 g/mol. The van der Waals surface area contributed by atoms with E-state index in [2.05, 4.69) is 12.0 Å². The molecule has 2 aromatic rings. The lowest BCUT2D eigenvalue weighted by atomic mass is 9.92. The number of nitrogens with zero attached hydrogens (tertiary/aromatic N) is 5. The van der Waals surface area contributed by atoms with Gasteiger partial charge in [0.15, 0.2) is 0 Å². The number of carbonyl (C=O) groups excluding carboxylic acids is 1. The maximum atomic E-state index is 13.4. The van der Waals surface area contributed by atoms with Crippen LogP contribution >= 0.6 is 0 Å². The number of rotatable bonds is 5. The molecule has 0 bridgehead atoms. The van der Waals surface area contributed by atoms with Crippen LogP contribution in [-0.4, -0.2) is 43.2 Å². The van der Waals surface area contributed by atoms with Gasteiger partial charge in [-0.2, -0.15) is 5.10 Å². The third kappa shape index (κ3) is 4.60. The third-order valence-electron chi connectivity index (χ3n) is 6.80. The molecule has 2 aliphatic heterocycles. The fourth-order valence-corrected chi connectivity index (χ4v) is 5.13. The Morgan fingerprint density at radius 1 is 1.13 bits per heavy atom. The van der Waals surface area contributed by atoms with Gasteiger partial charge < -0.3 is 4.90 Å². The molecular formula is C24H35N5O2. The smallest absolute Gasteiger partial charge is 0.253 e. The van der Waals surface area contributed by atoms with Gasteiger partial charge in [0.25, 0.3) is 5.56 Å². The zero-order valence-corrected chi connectivity index (χ0v) is 19.1. The van der Waals surface area contributed by atoms with Gasteiger partial charge in [0, 0.05) is 43.7 Å². The van der Waals surface area contributed by atoms with Gasteiger partial charge in [0.1, 0.15) is 11.9 Å². The molecule has 1 unspecified atom stereocenters. The highest BCUT2D eigenvalue weighted by atomic mass is 16.2. The summed E-state index contributed by atoms with van der Waals surface area (Å²) >= 11 is 0. The minimum atomic E-state index is -0.231. The summed E-state index contributed by atoms with van der Waals surface area (Å²) < 4.78 is 3.76. The highest BCUT2D eigenvalue weighted by molar-refractivity contribution is 5.80. The number of amides is 1. The summed E-state index contributed by atoms with van der Waals surface area (Å²) in [7, 11) is 0. The largest absolute Gasteiger partial charge is 0.341 e. The Kier molecular flexibility index (Phi) is 6.58. The first kappa shape index (κ1) is 21.8. The minimum absolute atomic E-state index is 0.0907. The van der Waals surface area contributed by atoms with E-state index in [-0.39, 0.29) is 23.4 Å². The molecule has 0 aromatic carbocycles. The molecule has 168 valence electrons. The molecule has 0 radical (unpaired) electrons. The van der Waals surface area contributed by atoms with Crippen LogP contribution in [0.4, 0.5) is 0 Å². The van der Waals surface area contributed by atoms with E-state index in [4.69, 9.17) is 4.98 Å². The van der Waals surface area contributed by atoms with E-state index in [1.807, 2.05) is 34.1 Å². The molecular weight excluding hydrogens is 390 g/mol. The van der Waals surface area contributed by atoms with Gasteiger partial charge in [-0.3, -0.25) is 18.8 Å². The van der Waals surface area contributed by atoms with Crippen molar-refractivity contribution in [3.8, 4) is 0 Å². The van der Waals surface area contributed by atoms with Crippen molar-refractivity contribution in [3.63, 3.8) is 0 Å². The van der Waals surface area contributed by atoms with Crippen LogP contribution in [0.25, 0.3) is 0 Å². The molecule has 0 aliphatic carbocycles. The lowest BCUT2D eigenvalue weighted by Crippen LogP contribution is -2.42. The van der Waals surface area contributed by atoms with Crippen LogP contribution in [0.5, 0.6) is 0 Å². The van der Waals surface area contributed by atoms with E-state index in [0.29, 0.717) is 13.1 Å². The Morgan fingerprint density at radius 3 is 2.58 bits per heavy atom. The third-order valence-corrected chi connectivity index (χ3v) is 6.80. The van der Waals surface area contributed by atoms with Gasteiger partial charge >= 0.3 is 0 Å². The zero-order valence-electron chi connectivity index (χ0n) is 19.1. The molecule has 0 spiro atoms. The molecule has 0 saturated carbocycles. The highest BCUT2D eigenvalue weighted by Crippen LogP contribution is 2.29. The summed E-state index contributed by atoms with van der Waals surface area (Å²) in [6.45, 7) is 8.32. The van der Waals surface area contributed by atoms with E-state index in [1.54, 1.807) is 6.07 Å². The number of aryl methyl sites for hydroxylation is 3. The first-order chi connectivity index (χ1) is 15.0. The van der Waals surface area contributed by atoms with E-state index < -0.39 is 0 Å². The van der Waals surface area contributed by atoms with E-state index in [1.165, 1.54) is 0 Å². The summed E-state index contributed by atoms with van der Waals surface area (Å²) in [5.74, 6) is 1.37. The normalized spacial score (nSPS) is 18.5. The van der Waals surface area contributed by atoms with Crippen LogP contribution < -0.4 is 5.56 Å². The predicted molar refractivity (Wildman–Crippen MR) is 120 cm³/mol. The topological polar surface area (TPSA) is 73.0 Å². The summed E-state index contributed by atoms with van der Waals surface area (Å²) in [6, 6.07) is 3.54. The van der Waals surface area contributed by atoms with Crippen molar-refractivity contribution >= 4 is 5.91 Å². The van der Waals surface area contributed by atoms with Gasteiger partial charge in [-0.25, -0.2) is 4.98 Å². The Balaban J connectivity index is 1.46. The Bertz CT molecular complexity index is 984. The van der Waals surface area contributed by atoms with Gasteiger partial charge in [0.05, 0.1) is 11.4 Å². The van der Waals surface area contributed by atoms with Crippen LogP contribution in [0.1, 0.15) is 86.7 Å². The summed E-state index contributed by atoms with van der Waals surface area (Å²) in [4.78, 5) is 32.9. The Hall–Kier alpha value is -2.44. The van der Waals surface area contributed by atoms with E-state index in [0.717, 1.165) is 80.8 Å². The summed E-state index contributed by atoms with van der Waals surface area (Å²) in [5, 5.41) is 4.59. The molecule has 0 N–H and O–H groups in total. The van der Waals surface area contributed by atoms with E-state index in [9.17, 15) is 9.59 Å². The van der Waals surface area contributed by atoms with Crippen molar-refractivity contribution in [1.29, 1.82) is 0 Å². The fourth-order valence-electron chi connectivity index (χ4n) is 5.13. The number of fused-ring (bicyclic) bond motifs is 1. The van der Waals surface area contributed by atoms with Gasteiger partial charge in [-0.1, -0.05) is 19.8 Å². The molecule has 31 heavy (non-hydrogen) atoms. The maximum absolute atomic E-state index is 13.4. The van der Waals surface area contributed by atoms with Crippen molar-refractivity contribution in [2.24, 2.45) is 0 Å². The highest BCUT2D eigenvalue weighted by Gasteiger charge is 2.31. The zero-order chi connectivity index (χ0) is 22.0. The first-order valence-corrected chi connectivity index (χ1v) is 11.9. The minimum Gasteiger partial charge on any atom is -0.341 e. The van der Waals surface area contributed by atoms with Crippen LogP contribution in [0, 0.1) is 13.8 Å². The molecule has 7 heteroatoms. The van der Waals surface area contributed by atoms with Crippen molar-refractivity contribution in [1.82, 2.24) is 24.2 Å². The molecule has 4 rings (SSSR count). The van der Waals surface area contributed by atoms with Crippen LogP contribution in [-0.2, 0) is 17.8 Å². The SMILES string of the molecule is CCCC(C(=O)N1CCC(c2cc(=O)n3c(n2)CCCCC3)CC1)n1nc(C)cc1C. The summed E-state index contributed by atoms with van der Waals surface area (Å²) in [5.41, 5.74) is 3.00. The standard InChI is InChI=1S/C24H35N5O2/c1-4-8-21(29-18(3)15-17(2)26-29)24(31)27-13-10-19(11-14-27)20-16-23(30)28-12-7-5-6-9-22(28)25-20/h15-16,19,21H,4-14H2,1-3H3. The van der Waals surface area contributed by atoms with Crippen LogP contribution in [0.2, 0.25) is 0 Å². The quantitative estimate of drug-likeness (QED) is 0.735. The molecule has 2 aromatic heterocycles. The van der Waals surface area contributed by atoms with Crippen molar-refractivity contribution < 1.29 is 4.79 Å². The maximum Gasteiger partial charge on any atom is 0.253 e. The predicted octanol–water partition coefficient (Wildman–Crippen LogP) is 3.53. The number of hydrogen-bond donors (Lipinski definition) is 0. The van der Waals surface area contributed by atoms with Crippen molar-refractivity contribution in [2.45, 2.75) is 90.6 Å². The molecule has 2 aliphatic rings. The molecule has 1 saturated heterocycles. The Morgan fingerprint density at radius 2 is 1.90 bits per heavy atom. The monoisotopic (exact) mass is 425 g/mol. The summed E-state index contributed by atoms with van der Waals surface area (Å²) in [6.07, 6.45) is 7.67. The molecule has 1 fully saturated rings. The molecule has 7 nitrogen and oxygen atoms in total. The van der Waals surface area contributed by atoms with Gasteiger partial charge in [0.2, 0.25) is 5.91 Å². The Labute approximate surface area is 184 Å². The van der Waals surface area contributed by atoms with Crippen LogP contribution in [0.3, 0.4) is 0 Å². The van der Waals surface area contributed by atoms with Gasteiger partial charge in [-0.15, -0.1) is 0 Å². The first-order valence-electron chi connectivity index (χ1n) is 11.9. The second kappa shape index (κ2) is 9.37. The number of likely N-dealkylation sites (tertiary alicyclic amines) is 1. The fraction of sp³-hybridized carbons (Fsp3) is 0.667. The van der Waals surface area contributed by atoms with Crippen molar-refractivity contribution in [3.05, 3.63) is 45.4 Å². The second-order valence-corrected chi connectivity index (χ2v) is 9.17. The van der Waals surface area contributed by atoms with Crippen LogP contribution in [0.15, 0.2) is 16.9 Å². The van der Waals surface area contributed by atoms with Gasteiger partial charge in [-0.05, 0) is 52.0 Å². The van der Waals surface area contributed by atoms with E-state index >= 15 is 0 Å².